The Morgan fingerprint density at radius 1 is 1.65 bits per heavy atom. The number of thioether (sulfide) groups is 1. The second kappa shape index (κ2) is 7.24. The first-order chi connectivity index (χ1) is 8.14. The average Bonchev–Trinajstić information content (AvgIpc) is 2.72. The van der Waals surface area contributed by atoms with Gasteiger partial charge >= 0.3 is 5.97 Å². The van der Waals surface area contributed by atoms with Crippen molar-refractivity contribution in [2.24, 2.45) is 0 Å². The van der Waals surface area contributed by atoms with Crippen molar-refractivity contribution in [3.05, 3.63) is 0 Å². The maximum Gasteiger partial charge on any atom is 0.323 e. The van der Waals surface area contributed by atoms with Crippen molar-refractivity contribution in [2.75, 3.05) is 26.0 Å². The molecular formula is C12H23NO3S. The van der Waals surface area contributed by atoms with Gasteiger partial charge in [0, 0.05) is 18.1 Å². The van der Waals surface area contributed by atoms with Gasteiger partial charge in [0.05, 0.1) is 6.61 Å². The van der Waals surface area contributed by atoms with Crippen LogP contribution in [0.3, 0.4) is 0 Å². The summed E-state index contributed by atoms with van der Waals surface area (Å²) in [6, 6.07) is 0. The molecule has 1 aliphatic carbocycles. The third kappa shape index (κ3) is 4.16. The standard InChI is InChI=1S/C12H23NO3S/c1-3-6-13-12(11(14)15)5-4-10(9-12)17-8-7-16-2/h10,13H,3-9H2,1-2H3,(H,14,15). The summed E-state index contributed by atoms with van der Waals surface area (Å²) in [6.07, 6.45) is 3.43. The normalized spacial score (nSPS) is 28.5. The molecular weight excluding hydrogens is 238 g/mol. The number of nitrogens with one attached hydrogen (secondary N) is 1. The fraction of sp³-hybridized carbons (Fsp3) is 0.917. The highest BCUT2D eigenvalue weighted by Crippen LogP contribution is 2.37. The summed E-state index contributed by atoms with van der Waals surface area (Å²) in [5.74, 6) is 0.255. The minimum Gasteiger partial charge on any atom is -0.480 e. The van der Waals surface area contributed by atoms with E-state index in [4.69, 9.17) is 4.74 Å². The molecule has 0 heterocycles. The third-order valence-corrected chi connectivity index (χ3v) is 4.51. The fourth-order valence-electron chi connectivity index (χ4n) is 2.24. The predicted molar refractivity (Wildman–Crippen MR) is 70.6 cm³/mol. The van der Waals surface area contributed by atoms with Gasteiger partial charge in [0.2, 0.25) is 0 Å². The van der Waals surface area contributed by atoms with Crippen LogP contribution in [-0.2, 0) is 9.53 Å². The lowest BCUT2D eigenvalue weighted by Gasteiger charge is -2.25. The summed E-state index contributed by atoms with van der Waals surface area (Å²) in [5, 5.41) is 13.1. The Morgan fingerprint density at radius 3 is 3.00 bits per heavy atom. The molecule has 0 aliphatic heterocycles. The maximum atomic E-state index is 11.4. The summed E-state index contributed by atoms with van der Waals surface area (Å²) in [5.41, 5.74) is -0.680. The van der Waals surface area contributed by atoms with Crippen molar-refractivity contribution in [3.8, 4) is 0 Å². The zero-order valence-corrected chi connectivity index (χ0v) is 11.5. The van der Waals surface area contributed by atoms with Gasteiger partial charge in [0.1, 0.15) is 5.54 Å². The molecule has 0 aromatic rings. The first-order valence-corrected chi connectivity index (χ1v) is 7.28. The zero-order valence-electron chi connectivity index (χ0n) is 10.7. The van der Waals surface area contributed by atoms with E-state index in [0.29, 0.717) is 5.25 Å². The zero-order chi connectivity index (χ0) is 12.7. The Morgan fingerprint density at radius 2 is 2.41 bits per heavy atom. The number of carbonyl (C=O) groups is 1. The number of methoxy groups -OCH3 is 1. The smallest absolute Gasteiger partial charge is 0.323 e. The van der Waals surface area contributed by atoms with Crippen LogP contribution in [0.15, 0.2) is 0 Å². The van der Waals surface area contributed by atoms with E-state index < -0.39 is 11.5 Å². The van der Waals surface area contributed by atoms with E-state index in [0.717, 1.165) is 44.6 Å². The van der Waals surface area contributed by atoms with Gasteiger partial charge in [0.25, 0.3) is 0 Å². The Labute approximate surface area is 107 Å². The fourth-order valence-corrected chi connectivity index (χ4v) is 3.52. The summed E-state index contributed by atoms with van der Waals surface area (Å²) in [7, 11) is 1.69. The molecule has 5 heteroatoms. The predicted octanol–water partition coefficient (Wildman–Crippen LogP) is 1.74. The second-order valence-corrected chi connectivity index (χ2v) is 5.95. The van der Waals surface area contributed by atoms with E-state index in [1.807, 2.05) is 11.8 Å². The molecule has 0 saturated heterocycles. The van der Waals surface area contributed by atoms with Gasteiger partial charge in [0.15, 0.2) is 0 Å². The molecule has 17 heavy (non-hydrogen) atoms. The Balaban J connectivity index is 2.44. The van der Waals surface area contributed by atoms with Crippen LogP contribution in [0.4, 0.5) is 0 Å². The van der Waals surface area contributed by atoms with Crippen LogP contribution in [0, 0.1) is 0 Å². The molecule has 4 nitrogen and oxygen atoms in total. The Hall–Kier alpha value is -0.260. The molecule has 1 fully saturated rings. The number of aliphatic carboxylic acids is 1. The third-order valence-electron chi connectivity index (χ3n) is 3.23. The van der Waals surface area contributed by atoms with E-state index in [9.17, 15) is 9.90 Å². The van der Waals surface area contributed by atoms with Crippen LogP contribution in [0.25, 0.3) is 0 Å². The van der Waals surface area contributed by atoms with Crippen LogP contribution in [0.1, 0.15) is 32.6 Å². The molecule has 1 saturated carbocycles. The van der Waals surface area contributed by atoms with Crippen molar-refractivity contribution in [3.63, 3.8) is 0 Å². The molecule has 0 bridgehead atoms. The lowest BCUT2D eigenvalue weighted by atomic mass is 9.98. The number of rotatable bonds is 8. The Bertz CT molecular complexity index is 250. The molecule has 0 aromatic heterocycles. The van der Waals surface area contributed by atoms with E-state index in [-0.39, 0.29) is 0 Å². The van der Waals surface area contributed by atoms with Crippen LogP contribution in [-0.4, -0.2) is 47.9 Å². The molecule has 0 radical (unpaired) electrons. The highest BCUT2D eigenvalue weighted by atomic mass is 32.2. The van der Waals surface area contributed by atoms with E-state index >= 15 is 0 Å². The molecule has 0 aromatic carbocycles. The van der Waals surface area contributed by atoms with Crippen molar-refractivity contribution >= 4 is 17.7 Å². The van der Waals surface area contributed by atoms with Gasteiger partial charge in [-0.05, 0) is 32.2 Å². The lowest BCUT2D eigenvalue weighted by molar-refractivity contribution is -0.144. The summed E-state index contributed by atoms with van der Waals surface area (Å²) >= 11 is 1.83. The minimum atomic E-state index is -0.694. The SMILES string of the molecule is CCCNC1(C(=O)O)CCC(SCCOC)C1. The van der Waals surface area contributed by atoms with E-state index in [1.165, 1.54) is 0 Å². The number of carboxylic acids is 1. The lowest BCUT2D eigenvalue weighted by Crippen LogP contribution is -2.50. The van der Waals surface area contributed by atoms with Gasteiger partial charge in [-0.2, -0.15) is 11.8 Å². The van der Waals surface area contributed by atoms with Crippen LogP contribution < -0.4 is 5.32 Å². The van der Waals surface area contributed by atoms with Gasteiger partial charge in [-0.3, -0.25) is 4.79 Å². The van der Waals surface area contributed by atoms with Gasteiger partial charge < -0.3 is 15.2 Å². The number of carboxylic acid groups (broad SMARTS) is 1. The molecule has 0 spiro atoms. The molecule has 2 atom stereocenters. The topological polar surface area (TPSA) is 58.6 Å². The van der Waals surface area contributed by atoms with E-state index in [2.05, 4.69) is 12.2 Å². The first kappa shape index (κ1) is 14.8. The summed E-state index contributed by atoms with van der Waals surface area (Å²) < 4.78 is 5.01. The van der Waals surface area contributed by atoms with Crippen molar-refractivity contribution in [1.82, 2.24) is 5.32 Å². The van der Waals surface area contributed by atoms with Crippen LogP contribution in [0.5, 0.6) is 0 Å². The molecule has 1 rings (SSSR count). The number of hydrogen-bond acceptors (Lipinski definition) is 4. The van der Waals surface area contributed by atoms with Crippen LogP contribution in [0.2, 0.25) is 0 Å². The summed E-state index contributed by atoms with van der Waals surface area (Å²) in [4.78, 5) is 11.4. The van der Waals surface area contributed by atoms with Gasteiger partial charge in [-0.15, -0.1) is 0 Å². The van der Waals surface area contributed by atoms with Crippen molar-refractivity contribution < 1.29 is 14.6 Å². The average molecular weight is 261 g/mol. The molecule has 2 unspecified atom stereocenters. The van der Waals surface area contributed by atoms with Crippen molar-refractivity contribution in [2.45, 2.75) is 43.4 Å². The number of ether oxygens (including phenoxy) is 1. The first-order valence-electron chi connectivity index (χ1n) is 6.23. The van der Waals surface area contributed by atoms with E-state index in [1.54, 1.807) is 7.11 Å². The minimum absolute atomic E-state index is 0.450. The van der Waals surface area contributed by atoms with Crippen molar-refractivity contribution in [1.29, 1.82) is 0 Å². The monoisotopic (exact) mass is 261 g/mol. The number of hydrogen-bond donors (Lipinski definition) is 2. The maximum absolute atomic E-state index is 11.4. The molecule has 100 valence electrons. The largest absolute Gasteiger partial charge is 0.480 e. The van der Waals surface area contributed by atoms with Crippen LogP contribution >= 0.6 is 11.8 Å². The molecule has 1 aliphatic rings. The van der Waals surface area contributed by atoms with Gasteiger partial charge in [-0.1, -0.05) is 6.92 Å². The summed E-state index contributed by atoms with van der Waals surface area (Å²) in [6.45, 7) is 3.58. The highest BCUT2D eigenvalue weighted by Gasteiger charge is 2.44. The second-order valence-electron chi connectivity index (χ2n) is 4.54. The molecule has 2 N–H and O–H groups in total. The Kier molecular flexibility index (Phi) is 6.30. The highest BCUT2D eigenvalue weighted by molar-refractivity contribution is 7.99. The van der Waals surface area contributed by atoms with Gasteiger partial charge in [-0.25, -0.2) is 0 Å². The quantitative estimate of drug-likeness (QED) is 0.652. The molecule has 0 amide bonds.